The summed E-state index contributed by atoms with van der Waals surface area (Å²) in [4.78, 5) is 39.4. The van der Waals surface area contributed by atoms with Gasteiger partial charge in [0.2, 0.25) is 0 Å². The number of aromatic nitrogens is 1. The predicted molar refractivity (Wildman–Crippen MR) is 95.4 cm³/mol. The Morgan fingerprint density at radius 1 is 1.19 bits per heavy atom. The first-order valence-corrected chi connectivity index (χ1v) is 8.34. The highest BCUT2D eigenvalue weighted by molar-refractivity contribution is 6.30. The number of benzene rings is 1. The van der Waals surface area contributed by atoms with E-state index in [-0.39, 0.29) is 18.1 Å². The molecule has 0 spiro atoms. The fraction of sp³-hybridized carbons (Fsp3) is 0.222. The average molecular weight is 394 g/mol. The van der Waals surface area contributed by atoms with Gasteiger partial charge in [-0.05, 0) is 36.8 Å². The van der Waals surface area contributed by atoms with Gasteiger partial charge in [-0.2, -0.15) is 0 Å². The standard InChI is InChI=1S/C18H17ClFN3O4/c1-11(17(25)22-9-12-2-4-14(20)5-3-12)27-16(24)10-23-18(26)15-8-13(19)6-7-21-15/h2-8,11H,9-10H2,1H3,(H,22,25)(H,23,26)/t11-/m0/s1. The molecule has 27 heavy (non-hydrogen) atoms. The number of hydrogen-bond donors (Lipinski definition) is 2. The number of hydrogen-bond acceptors (Lipinski definition) is 5. The van der Waals surface area contributed by atoms with Crippen molar-refractivity contribution in [1.82, 2.24) is 15.6 Å². The Hall–Kier alpha value is -3.00. The first-order chi connectivity index (χ1) is 12.8. The molecule has 0 aliphatic heterocycles. The number of rotatable bonds is 7. The summed E-state index contributed by atoms with van der Waals surface area (Å²) in [5.74, 6) is -2.27. The van der Waals surface area contributed by atoms with E-state index < -0.39 is 30.4 Å². The molecular weight excluding hydrogens is 377 g/mol. The van der Waals surface area contributed by atoms with E-state index in [1.165, 1.54) is 49.5 Å². The smallest absolute Gasteiger partial charge is 0.326 e. The summed E-state index contributed by atoms with van der Waals surface area (Å²) >= 11 is 5.76. The normalized spacial score (nSPS) is 11.4. The van der Waals surface area contributed by atoms with Gasteiger partial charge in [-0.15, -0.1) is 0 Å². The Kier molecular flexibility index (Phi) is 7.25. The molecule has 0 bridgehead atoms. The van der Waals surface area contributed by atoms with Crippen molar-refractivity contribution < 1.29 is 23.5 Å². The Bertz CT molecular complexity index is 830. The van der Waals surface area contributed by atoms with E-state index in [2.05, 4.69) is 15.6 Å². The molecule has 0 aliphatic rings. The molecule has 1 aromatic heterocycles. The third-order valence-electron chi connectivity index (χ3n) is 3.41. The lowest BCUT2D eigenvalue weighted by atomic mass is 10.2. The number of nitrogens with one attached hydrogen (secondary N) is 2. The molecule has 9 heteroatoms. The molecule has 2 aromatic rings. The van der Waals surface area contributed by atoms with Crippen LogP contribution in [0.1, 0.15) is 23.0 Å². The highest BCUT2D eigenvalue weighted by atomic mass is 35.5. The third kappa shape index (κ3) is 6.67. The van der Waals surface area contributed by atoms with E-state index in [1.807, 2.05) is 0 Å². The maximum absolute atomic E-state index is 12.8. The Labute approximate surface area is 159 Å². The maximum atomic E-state index is 12.8. The summed E-state index contributed by atoms with van der Waals surface area (Å²) < 4.78 is 17.8. The fourth-order valence-corrected chi connectivity index (χ4v) is 2.16. The van der Waals surface area contributed by atoms with Crippen molar-refractivity contribution >= 4 is 29.4 Å². The van der Waals surface area contributed by atoms with Gasteiger partial charge in [0.1, 0.15) is 18.1 Å². The van der Waals surface area contributed by atoms with Crippen LogP contribution in [0.2, 0.25) is 5.02 Å². The molecule has 1 atom stereocenters. The van der Waals surface area contributed by atoms with Crippen molar-refractivity contribution in [2.45, 2.75) is 19.6 Å². The second-order valence-corrected chi connectivity index (χ2v) is 5.95. The predicted octanol–water partition coefficient (Wildman–Crippen LogP) is 1.85. The number of nitrogens with zero attached hydrogens (tertiary/aromatic N) is 1. The van der Waals surface area contributed by atoms with E-state index in [0.29, 0.717) is 10.6 Å². The first-order valence-electron chi connectivity index (χ1n) is 7.96. The van der Waals surface area contributed by atoms with E-state index in [0.717, 1.165) is 0 Å². The van der Waals surface area contributed by atoms with Crippen molar-refractivity contribution in [2.75, 3.05) is 6.54 Å². The molecule has 2 N–H and O–H groups in total. The zero-order valence-electron chi connectivity index (χ0n) is 14.4. The molecular formula is C18H17ClFN3O4. The average Bonchev–Trinajstić information content (AvgIpc) is 2.65. The summed E-state index contributed by atoms with van der Waals surface area (Å²) in [6.45, 7) is 1.14. The van der Waals surface area contributed by atoms with Crippen molar-refractivity contribution in [2.24, 2.45) is 0 Å². The molecule has 2 rings (SSSR count). The number of carbonyl (C=O) groups is 3. The summed E-state index contributed by atoms with van der Waals surface area (Å²) in [5, 5.41) is 5.24. The fourth-order valence-electron chi connectivity index (χ4n) is 2.00. The molecule has 1 aromatic carbocycles. The largest absolute Gasteiger partial charge is 0.451 e. The summed E-state index contributed by atoms with van der Waals surface area (Å²) in [6, 6.07) is 8.49. The lowest BCUT2D eigenvalue weighted by Gasteiger charge is -2.14. The second-order valence-electron chi connectivity index (χ2n) is 5.52. The van der Waals surface area contributed by atoms with Crippen molar-refractivity contribution in [1.29, 1.82) is 0 Å². The summed E-state index contributed by atoms with van der Waals surface area (Å²) in [6.07, 6.45) is 0.308. The highest BCUT2D eigenvalue weighted by Crippen LogP contribution is 2.07. The molecule has 0 unspecified atom stereocenters. The molecule has 142 valence electrons. The van der Waals surface area contributed by atoms with Crippen LogP contribution in [0, 0.1) is 5.82 Å². The Morgan fingerprint density at radius 2 is 1.89 bits per heavy atom. The molecule has 0 fully saturated rings. The van der Waals surface area contributed by atoms with Gasteiger partial charge in [0.15, 0.2) is 6.10 Å². The maximum Gasteiger partial charge on any atom is 0.326 e. The van der Waals surface area contributed by atoms with Crippen molar-refractivity contribution in [3.63, 3.8) is 0 Å². The zero-order valence-corrected chi connectivity index (χ0v) is 15.1. The molecule has 0 saturated heterocycles. The van der Waals surface area contributed by atoms with Gasteiger partial charge in [0, 0.05) is 17.8 Å². The Morgan fingerprint density at radius 3 is 2.56 bits per heavy atom. The van der Waals surface area contributed by atoms with Crippen LogP contribution in [0.5, 0.6) is 0 Å². The van der Waals surface area contributed by atoms with E-state index in [4.69, 9.17) is 16.3 Å². The molecule has 0 saturated carbocycles. The minimum absolute atomic E-state index is 0.0559. The monoisotopic (exact) mass is 393 g/mol. The van der Waals surface area contributed by atoms with Gasteiger partial charge in [-0.25, -0.2) is 4.39 Å². The lowest BCUT2D eigenvalue weighted by molar-refractivity contribution is -0.153. The van der Waals surface area contributed by atoms with Crippen LogP contribution < -0.4 is 10.6 Å². The number of halogens is 2. The minimum atomic E-state index is -1.06. The van der Waals surface area contributed by atoms with Gasteiger partial charge in [-0.1, -0.05) is 23.7 Å². The molecule has 0 radical (unpaired) electrons. The van der Waals surface area contributed by atoms with E-state index in [1.54, 1.807) is 0 Å². The summed E-state index contributed by atoms with van der Waals surface area (Å²) in [5.41, 5.74) is 0.755. The van der Waals surface area contributed by atoms with Gasteiger partial charge < -0.3 is 15.4 Å². The van der Waals surface area contributed by atoms with Crippen LogP contribution in [0.3, 0.4) is 0 Å². The SMILES string of the molecule is C[C@H](OC(=O)CNC(=O)c1cc(Cl)ccn1)C(=O)NCc1ccc(F)cc1. The summed E-state index contributed by atoms with van der Waals surface area (Å²) in [7, 11) is 0. The Balaban J connectivity index is 1.74. The van der Waals surface area contributed by atoms with Gasteiger partial charge in [-0.3, -0.25) is 19.4 Å². The van der Waals surface area contributed by atoms with Crippen LogP contribution in [0.15, 0.2) is 42.6 Å². The van der Waals surface area contributed by atoms with Crippen molar-refractivity contribution in [3.8, 4) is 0 Å². The van der Waals surface area contributed by atoms with E-state index in [9.17, 15) is 18.8 Å². The molecule has 1 heterocycles. The van der Waals surface area contributed by atoms with Gasteiger partial charge in [0.05, 0.1) is 0 Å². The van der Waals surface area contributed by atoms with Crippen molar-refractivity contribution in [3.05, 3.63) is 64.7 Å². The second kappa shape index (κ2) is 9.63. The molecule has 0 aliphatic carbocycles. The van der Waals surface area contributed by atoms with Crippen LogP contribution in [-0.4, -0.2) is 35.4 Å². The third-order valence-corrected chi connectivity index (χ3v) is 3.64. The lowest BCUT2D eigenvalue weighted by Crippen LogP contribution is -2.38. The van der Waals surface area contributed by atoms with Crippen LogP contribution in [0.25, 0.3) is 0 Å². The van der Waals surface area contributed by atoms with Gasteiger partial charge in [0.25, 0.3) is 11.8 Å². The number of ether oxygens (including phenoxy) is 1. The number of amides is 2. The first kappa shape index (κ1) is 20.3. The highest BCUT2D eigenvalue weighted by Gasteiger charge is 2.18. The quantitative estimate of drug-likeness (QED) is 0.700. The zero-order chi connectivity index (χ0) is 19.8. The van der Waals surface area contributed by atoms with Crippen LogP contribution in [0.4, 0.5) is 4.39 Å². The number of esters is 1. The molecule has 7 nitrogen and oxygen atoms in total. The van der Waals surface area contributed by atoms with E-state index >= 15 is 0 Å². The molecule has 2 amide bonds. The van der Waals surface area contributed by atoms with Crippen LogP contribution >= 0.6 is 11.6 Å². The number of pyridine rings is 1. The van der Waals surface area contributed by atoms with Crippen LogP contribution in [-0.2, 0) is 20.9 Å². The topological polar surface area (TPSA) is 97.4 Å². The number of carbonyl (C=O) groups excluding carboxylic acids is 3. The van der Waals surface area contributed by atoms with Gasteiger partial charge >= 0.3 is 5.97 Å². The minimum Gasteiger partial charge on any atom is -0.451 e.